The maximum Gasteiger partial charge on any atom is 0.252 e. The van der Waals surface area contributed by atoms with E-state index in [1.54, 1.807) is 0 Å². The fourth-order valence-electron chi connectivity index (χ4n) is 16.6. The molecule has 0 bridgehead atoms. The molecule has 18 rings (SSSR count). The van der Waals surface area contributed by atoms with Crippen LogP contribution in [0.5, 0.6) is 0 Å². The van der Waals surface area contributed by atoms with Crippen LogP contribution in [-0.4, -0.2) is 14.8 Å². The molecule has 0 saturated carbocycles. The molecule has 492 valence electrons. The number of benzene rings is 16. The van der Waals surface area contributed by atoms with Crippen molar-refractivity contribution < 1.29 is 0 Å². The zero-order valence-corrected chi connectivity index (χ0v) is 59.6. The molecular formula is C100H75BN2Si. The molecule has 16 aromatic rings. The van der Waals surface area contributed by atoms with Gasteiger partial charge in [-0.15, -0.1) is 0 Å². The summed E-state index contributed by atoms with van der Waals surface area (Å²) in [6.07, 6.45) is 0. The third kappa shape index (κ3) is 11.2. The lowest BCUT2D eigenvalue weighted by molar-refractivity contribution is 0.590. The van der Waals surface area contributed by atoms with Crippen LogP contribution in [0.3, 0.4) is 0 Å². The largest absolute Gasteiger partial charge is 0.310 e. The van der Waals surface area contributed by atoms with E-state index in [1.807, 2.05) is 0 Å². The van der Waals surface area contributed by atoms with Crippen molar-refractivity contribution in [3.05, 3.63) is 406 Å². The van der Waals surface area contributed by atoms with Crippen molar-refractivity contribution in [1.82, 2.24) is 0 Å². The Hall–Kier alpha value is -12.6. The van der Waals surface area contributed by atoms with Crippen LogP contribution in [0.1, 0.15) is 26.3 Å². The standard InChI is InChI=1S/C100H75BN2Si/c1-100(2,3)82-68-95-97-96(69-82)103(99-89(76-44-24-9-25-45-76)64-81(72-38-18-6-19-39-72)65-90(99)77-46-26-10-27-47-77)94-67-79(73-54-58-86(59-55-73)104(83-48-28-11-29-49-83,84-50-30-12-31-51-84)85-52-32-13-33-53-85)56-60-91(94)101(97)92-66-78(70-34-14-4-15-35-70)57-61-93(92)102(95)98-87(74-40-20-7-21-41-74)62-80(71-36-16-5-17-37-71)63-88(98)75-42-22-8-23-43-75/h4-69H,1-3H3. The molecule has 0 N–H and O–H groups in total. The first-order chi connectivity index (χ1) is 51.2. The minimum atomic E-state index is -2.85. The van der Waals surface area contributed by atoms with Gasteiger partial charge in [-0.3, -0.25) is 0 Å². The molecule has 0 amide bonds. The summed E-state index contributed by atoms with van der Waals surface area (Å²) in [5, 5.41) is 5.38. The van der Waals surface area contributed by atoms with Gasteiger partial charge in [0.15, 0.2) is 8.07 Å². The lowest BCUT2D eigenvalue weighted by Crippen LogP contribution is -2.74. The van der Waals surface area contributed by atoms with Crippen molar-refractivity contribution in [2.45, 2.75) is 26.2 Å². The molecule has 4 heteroatoms. The van der Waals surface area contributed by atoms with Crippen LogP contribution < -0.4 is 46.9 Å². The van der Waals surface area contributed by atoms with Gasteiger partial charge in [-0.1, -0.05) is 373 Å². The third-order valence-electron chi connectivity index (χ3n) is 21.5. The molecule has 104 heavy (non-hydrogen) atoms. The Morgan fingerprint density at radius 1 is 0.221 bits per heavy atom. The Morgan fingerprint density at radius 3 is 0.875 bits per heavy atom. The van der Waals surface area contributed by atoms with Crippen LogP contribution in [0.4, 0.5) is 34.1 Å². The summed E-state index contributed by atoms with van der Waals surface area (Å²) < 4.78 is 0. The van der Waals surface area contributed by atoms with E-state index in [2.05, 4.69) is 431 Å². The monoisotopic (exact) mass is 1340 g/mol. The number of fused-ring (bicyclic) bond motifs is 4. The van der Waals surface area contributed by atoms with Gasteiger partial charge in [-0.05, 0) is 163 Å². The Balaban J connectivity index is 0.970. The highest BCUT2D eigenvalue weighted by Crippen LogP contribution is 2.55. The summed E-state index contributed by atoms with van der Waals surface area (Å²) >= 11 is 0. The zero-order valence-electron chi connectivity index (χ0n) is 58.6. The molecule has 2 nitrogen and oxygen atoms in total. The fourth-order valence-corrected chi connectivity index (χ4v) is 21.3. The SMILES string of the molecule is CC(C)(C)c1cc2c3c(c1)N(c1c(-c4ccccc4)cc(-c4ccccc4)cc1-c1ccccc1)c1cc(-c4ccc([Si](c5ccccc5)(c5ccccc5)c5ccccc5)cc4)ccc1B3c1cc(-c3ccccc3)ccc1N2c1c(-c2ccccc2)cc(-c2ccccc2)cc1-c1ccccc1. The summed E-state index contributed by atoms with van der Waals surface area (Å²) in [7, 11) is -2.85. The van der Waals surface area contributed by atoms with Crippen molar-refractivity contribution >= 4 is 86.0 Å². The molecule has 0 aromatic heterocycles. The number of hydrogen-bond acceptors (Lipinski definition) is 2. The smallest absolute Gasteiger partial charge is 0.252 e. The quantitative estimate of drug-likeness (QED) is 0.0791. The van der Waals surface area contributed by atoms with E-state index in [9.17, 15) is 0 Å². The Morgan fingerprint density at radius 2 is 0.510 bits per heavy atom. The Labute approximate surface area is 612 Å². The molecule has 0 unspecified atom stereocenters. The van der Waals surface area contributed by atoms with E-state index in [4.69, 9.17) is 0 Å². The average molecular weight is 1340 g/mol. The molecule has 2 heterocycles. The number of nitrogens with zero attached hydrogens (tertiary/aromatic N) is 2. The predicted molar refractivity (Wildman–Crippen MR) is 446 cm³/mol. The molecule has 2 aliphatic heterocycles. The van der Waals surface area contributed by atoms with Crippen molar-refractivity contribution in [2.24, 2.45) is 0 Å². The van der Waals surface area contributed by atoms with E-state index in [1.165, 1.54) is 53.8 Å². The summed E-state index contributed by atoms with van der Waals surface area (Å²) in [5.41, 5.74) is 29.8. The highest BCUT2D eigenvalue weighted by atomic mass is 28.3. The van der Waals surface area contributed by atoms with Gasteiger partial charge in [0.1, 0.15) is 0 Å². The maximum atomic E-state index is 2.72. The summed E-state index contributed by atoms with van der Waals surface area (Å²) in [5.74, 6) is 0. The number of hydrogen-bond donors (Lipinski definition) is 0. The second kappa shape index (κ2) is 26.7. The van der Waals surface area contributed by atoms with Gasteiger partial charge < -0.3 is 9.80 Å². The molecule has 0 atom stereocenters. The normalized spacial score (nSPS) is 12.3. The van der Waals surface area contributed by atoms with Crippen molar-refractivity contribution in [3.63, 3.8) is 0 Å². The highest BCUT2D eigenvalue weighted by Gasteiger charge is 2.47. The van der Waals surface area contributed by atoms with Crippen LogP contribution in [-0.2, 0) is 5.41 Å². The topological polar surface area (TPSA) is 6.48 Å². The third-order valence-corrected chi connectivity index (χ3v) is 26.3. The molecule has 0 radical (unpaired) electrons. The summed E-state index contributed by atoms with van der Waals surface area (Å²) in [6.45, 7) is 6.94. The van der Waals surface area contributed by atoms with Gasteiger partial charge in [-0.25, -0.2) is 0 Å². The first kappa shape index (κ1) is 63.6. The van der Waals surface area contributed by atoms with Gasteiger partial charge >= 0.3 is 0 Å². The lowest BCUT2D eigenvalue weighted by Gasteiger charge is -2.46. The first-order valence-corrected chi connectivity index (χ1v) is 38.3. The fraction of sp³-hybridized carbons (Fsp3) is 0.0400. The predicted octanol–water partition coefficient (Wildman–Crippen LogP) is 21.8. The molecule has 0 spiro atoms. The van der Waals surface area contributed by atoms with E-state index in [0.717, 1.165) is 112 Å². The molecule has 2 aliphatic rings. The van der Waals surface area contributed by atoms with Gasteiger partial charge in [0.25, 0.3) is 6.71 Å². The van der Waals surface area contributed by atoms with Gasteiger partial charge in [0.05, 0.1) is 11.4 Å². The van der Waals surface area contributed by atoms with Crippen LogP contribution in [0.2, 0.25) is 0 Å². The highest BCUT2D eigenvalue weighted by molar-refractivity contribution is 7.20. The van der Waals surface area contributed by atoms with Crippen molar-refractivity contribution in [1.29, 1.82) is 0 Å². The van der Waals surface area contributed by atoms with Crippen LogP contribution in [0, 0.1) is 0 Å². The van der Waals surface area contributed by atoms with Gasteiger partial charge in [0.2, 0.25) is 0 Å². The number of rotatable bonds is 14. The molecule has 0 fully saturated rings. The van der Waals surface area contributed by atoms with E-state index < -0.39 is 8.07 Å². The first-order valence-electron chi connectivity index (χ1n) is 36.3. The zero-order chi connectivity index (χ0) is 69.7. The van der Waals surface area contributed by atoms with Crippen LogP contribution >= 0.6 is 0 Å². The van der Waals surface area contributed by atoms with Crippen molar-refractivity contribution in [2.75, 3.05) is 9.80 Å². The van der Waals surface area contributed by atoms with Crippen LogP contribution in [0.25, 0.3) is 89.0 Å². The maximum absolute atomic E-state index is 2.85. The number of anilines is 6. The minimum absolute atomic E-state index is 0.228. The van der Waals surface area contributed by atoms with Crippen LogP contribution in [0.15, 0.2) is 400 Å². The summed E-state index contributed by atoms with van der Waals surface area (Å²) in [6, 6.07) is 151. The van der Waals surface area contributed by atoms with Gasteiger partial charge in [-0.2, -0.15) is 0 Å². The van der Waals surface area contributed by atoms with Crippen molar-refractivity contribution in [3.8, 4) is 89.0 Å². The Kier molecular flexibility index (Phi) is 16.3. The molecular weight excluding hydrogens is 1270 g/mol. The van der Waals surface area contributed by atoms with E-state index in [0.29, 0.717) is 0 Å². The summed E-state index contributed by atoms with van der Waals surface area (Å²) in [4.78, 5) is 5.40. The molecule has 0 saturated heterocycles. The van der Waals surface area contributed by atoms with Gasteiger partial charge in [0, 0.05) is 45.0 Å². The second-order valence-corrected chi connectivity index (χ2v) is 32.5. The molecule has 16 aromatic carbocycles. The second-order valence-electron chi connectivity index (χ2n) is 28.7. The Bertz CT molecular complexity index is 5560. The van der Waals surface area contributed by atoms with E-state index in [-0.39, 0.29) is 12.1 Å². The average Bonchev–Trinajstić information content (AvgIpc) is 0.686. The lowest BCUT2D eigenvalue weighted by atomic mass is 9.33. The molecule has 0 aliphatic carbocycles. The minimum Gasteiger partial charge on any atom is -0.310 e. The van der Waals surface area contributed by atoms with E-state index >= 15 is 0 Å².